The minimum absolute atomic E-state index is 0.670. The Morgan fingerprint density at radius 1 is 1.12 bits per heavy atom. The molecule has 0 spiro atoms. The third kappa shape index (κ3) is 3.54. The molecule has 0 saturated carbocycles. The molecule has 1 rings (SSSR count). The number of hydrogen-bond donors (Lipinski definition) is 0. The fourth-order valence-corrected chi connectivity index (χ4v) is 3.27. The Hall–Kier alpha value is 0.0700. The molecule has 16 heavy (non-hydrogen) atoms. The predicted molar refractivity (Wildman–Crippen MR) is 64.5 cm³/mol. The molecular formula is C10H23N2O3P. The summed E-state index contributed by atoms with van der Waals surface area (Å²) in [5, 5.41) is 0. The van der Waals surface area contributed by atoms with Gasteiger partial charge in [-0.3, -0.25) is 9.05 Å². The van der Waals surface area contributed by atoms with Crippen LogP contribution < -0.4 is 0 Å². The van der Waals surface area contributed by atoms with E-state index in [4.69, 9.17) is 9.05 Å². The predicted octanol–water partition coefficient (Wildman–Crippen LogP) is 1.66. The first-order chi connectivity index (χ1) is 7.51. The molecule has 96 valence electrons. The highest BCUT2D eigenvalue weighted by Crippen LogP contribution is 2.50. The largest absolute Gasteiger partial charge is 0.407 e. The van der Waals surface area contributed by atoms with Crippen LogP contribution in [0.5, 0.6) is 0 Å². The standard InChI is InChI=1S/C10H23N2O3P/c1-10(2)9-11-5-7-12(8-6-11)16(13,14-3)15-4/h10H,5-9H2,1-4H3. The molecule has 1 heterocycles. The molecule has 1 aliphatic rings. The van der Waals surface area contributed by atoms with Crippen LogP contribution in [-0.2, 0) is 13.6 Å². The second-order valence-corrected chi connectivity index (χ2v) is 6.71. The van der Waals surface area contributed by atoms with E-state index in [9.17, 15) is 4.57 Å². The van der Waals surface area contributed by atoms with Crippen molar-refractivity contribution in [2.75, 3.05) is 46.9 Å². The van der Waals surface area contributed by atoms with E-state index in [0.717, 1.165) is 32.7 Å². The van der Waals surface area contributed by atoms with Crippen molar-refractivity contribution in [2.24, 2.45) is 5.92 Å². The van der Waals surface area contributed by atoms with Gasteiger partial charge in [0.15, 0.2) is 0 Å². The number of hydrogen-bond acceptors (Lipinski definition) is 4. The molecular weight excluding hydrogens is 227 g/mol. The zero-order valence-electron chi connectivity index (χ0n) is 10.7. The van der Waals surface area contributed by atoms with Crippen molar-refractivity contribution in [2.45, 2.75) is 13.8 Å². The van der Waals surface area contributed by atoms with Crippen molar-refractivity contribution in [3.8, 4) is 0 Å². The highest BCUT2D eigenvalue weighted by atomic mass is 31.2. The van der Waals surface area contributed by atoms with Crippen molar-refractivity contribution in [3.63, 3.8) is 0 Å². The molecule has 0 bridgehead atoms. The third-order valence-electron chi connectivity index (χ3n) is 2.78. The van der Waals surface area contributed by atoms with E-state index < -0.39 is 7.75 Å². The van der Waals surface area contributed by atoms with E-state index in [1.54, 1.807) is 0 Å². The van der Waals surface area contributed by atoms with Crippen molar-refractivity contribution in [1.29, 1.82) is 0 Å². The molecule has 0 radical (unpaired) electrons. The average Bonchev–Trinajstić information content (AvgIpc) is 2.28. The van der Waals surface area contributed by atoms with Crippen molar-refractivity contribution >= 4 is 7.75 Å². The summed E-state index contributed by atoms with van der Waals surface area (Å²) >= 11 is 0. The molecule has 1 saturated heterocycles. The van der Waals surface area contributed by atoms with Gasteiger partial charge in [0.25, 0.3) is 0 Å². The van der Waals surface area contributed by atoms with Crippen LogP contribution in [0, 0.1) is 5.92 Å². The van der Waals surface area contributed by atoms with Gasteiger partial charge in [-0.15, -0.1) is 0 Å². The molecule has 0 aromatic carbocycles. The first-order valence-electron chi connectivity index (χ1n) is 5.71. The Morgan fingerprint density at radius 3 is 2.00 bits per heavy atom. The Morgan fingerprint density at radius 2 is 1.62 bits per heavy atom. The minimum Gasteiger partial charge on any atom is -0.301 e. The monoisotopic (exact) mass is 250 g/mol. The van der Waals surface area contributed by atoms with Crippen LogP contribution in [0.25, 0.3) is 0 Å². The van der Waals surface area contributed by atoms with E-state index >= 15 is 0 Å². The molecule has 0 aromatic rings. The van der Waals surface area contributed by atoms with Gasteiger partial charge in [0.2, 0.25) is 0 Å². The van der Waals surface area contributed by atoms with Crippen molar-refractivity contribution in [3.05, 3.63) is 0 Å². The highest BCUT2D eigenvalue weighted by Gasteiger charge is 2.33. The summed E-state index contributed by atoms with van der Waals surface area (Å²) in [5.41, 5.74) is 0. The maximum Gasteiger partial charge on any atom is 0.407 e. The molecule has 0 aliphatic carbocycles. The normalized spacial score (nSPS) is 20.6. The van der Waals surface area contributed by atoms with E-state index in [1.807, 2.05) is 4.67 Å². The first kappa shape index (κ1) is 14.1. The zero-order chi connectivity index (χ0) is 12.2. The summed E-state index contributed by atoms with van der Waals surface area (Å²) in [6.45, 7) is 8.85. The molecule has 5 nitrogen and oxygen atoms in total. The summed E-state index contributed by atoms with van der Waals surface area (Å²) in [6, 6.07) is 0. The molecule has 1 fully saturated rings. The van der Waals surface area contributed by atoms with Crippen LogP contribution in [0.1, 0.15) is 13.8 Å². The van der Waals surface area contributed by atoms with E-state index in [0.29, 0.717) is 5.92 Å². The lowest BCUT2D eigenvalue weighted by atomic mass is 10.2. The molecule has 0 N–H and O–H groups in total. The lowest BCUT2D eigenvalue weighted by Gasteiger charge is -2.37. The molecule has 0 unspecified atom stereocenters. The van der Waals surface area contributed by atoms with Crippen molar-refractivity contribution < 1.29 is 13.6 Å². The Balaban J connectivity index is 2.45. The molecule has 0 atom stereocenters. The first-order valence-corrected chi connectivity index (χ1v) is 7.20. The molecule has 6 heteroatoms. The van der Waals surface area contributed by atoms with E-state index in [1.165, 1.54) is 14.2 Å². The average molecular weight is 250 g/mol. The quantitative estimate of drug-likeness (QED) is 0.694. The Bertz CT molecular complexity index is 244. The SMILES string of the molecule is COP(=O)(OC)N1CCN(CC(C)C)CC1. The molecule has 0 aromatic heterocycles. The minimum atomic E-state index is -3.01. The van der Waals surface area contributed by atoms with Gasteiger partial charge in [0.05, 0.1) is 0 Å². The maximum atomic E-state index is 12.1. The second kappa shape index (κ2) is 6.12. The van der Waals surface area contributed by atoms with Gasteiger partial charge in [-0.2, -0.15) is 0 Å². The summed E-state index contributed by atoms with van der Waals surface area (Å²) in [4.78, 5) is 2.39. The van der Waals surface area contributed by atoms with Gasteiger partial charge in [0.1, 0.15) is 0 Å². The Kier molecular flexibility index (Phi) is 5.41. The van der Waals surface area contributed by atoms with E-state index in [-0.39, 0.29) is 0 Å². The van der Waals surface area contributed by atoms with Gasteiger partial charge in [-0.05, 0) is 5.92 Å². The lowest BCUT2D eigenvalue weighted by Crippen LogP contribution is -2.46. The molecule has 1 aliphatic heterocycles. The van der Waals surface area contributed by atoms with Gasteiger partial charge < -0.3 is 4.90 Å². The van der Waals surface area contributed by atoms with Gasteiger partial charge in [0, 0.05) is 46.9 Å². The van der Waals surface area contributed by atoms with Gasteiger partial charge >= 0.3 is 7.75 Å². The second-order valence-electron chi connectivity index (χ2n) is 4.48. The van der Waals surface area contributed by atoms with Gasteiger partial charge in [-0.25, -0.2) is 9.24 Å². The highest BCUT2D eigenvalue weighted by molar-refractivity contribution is 7.51. The number of piperazine rings is 1. The summed E-state index contributed by atoms with van der Waals surface area (Å²) < 4.78 is 23.9. The molecule has 0 amide bonds. The van der Waals surface area contributed by atoms with Crippen LogP contribution in [0.15, 0.2) is 0 Å². The zero-order valence-corrected chi connectivity index (χ0v) is 11.6. The lowest BCUT2D eigenvalue weighted by molar-refractivity contribution is 0.134. The van der Waals surface area contributed by atoms with E-state index in [2.05, 4.69) is 18.7 Å². The van der Waals surface area contributed by atoms with Crippen molar-refractivity contribution in [1.82, 2.24) is 9.57 Å². The number of rotatable bonds is 5. The maximum absolute atomic E-state index is 12.1. The summed E-state index contributed by atoms with van der Waals surface area (Å²) in [7, 11) is -0.140. The fourth-order valence-electron chi connectivity index (χ4n) is 1.99. The third-order valence-corrected chi connectivity index (χ3v) is 4.80. The summed E-state index contributed by atoms with van der Waals surface area (Å²) in [6.07, 6.45) is 0. The van der Waals surface area contributed by atoms with Crippen LogP contribution in [0.3, 0.4) is 0 Å². The van der Waals surface area contributed by atoms with Crippen LogP contribution in [-0.4, -0.2) is 56.5 Å². The van der Waals surface area contributed by atoms with Gasteiger partial charge in [-0.1, -0.05) is 13.8 Å². The summed E-state index contributed by atoms with van der Waals surface area (Å²) in [5.74, 6) is 0.670. The topological polar surface area (TPSA) is 42.0 Å². The van der Waals surface area contributed by atoms with Crippen LogP contribution >= 0.6 is 7.75 Å². The van der Waals surface area contributed by atoms with Crippen LogP contribution in [0.4, 0.5) is 0 Å². The van der Waals surface area contributed by atoms with Crippen LogP contribution in [0.2, 0.25) is 0 Å². The fraction of sp³-hybridized carbons (Fsp3) is 1.00. The smallest absolute Gasteiger partial charge is 0.301 e. The number of nitrogens with zero attached hydrogens (tertiary/aromatic N) is 2. The Labute approximate surface area is 98.3 Å².